The molecule has 0 radical (unpaired) electrons. The minimum atomic E-state index is -0.368. The lowest BCUT2D eigenvalue weighted by Gasteiger charge is -2.36. The summed E-state index contributed by atoms with van der Waals surface area (Å²) in [6.45, 7) is 19.8. The van der Waals surface area contributed by atoms with Gasteiger partial charge < -0.3 is 9.84 Å². The molecule has 1 N–H and O–H groups in total. The van der Waals surface area contributed by atoms with Crippen LogP contribution >= 0.6 is 0 Å². The van der Waals surface area contributed by atoms with Gasteiger partial charge in [0.25, 0.3) is 0 Å². The molecule has 0 aliphatic carbocycles. The molecular weight excluding hydrogens is 236 g/mol. The van der Waals surface area contributed by atoms with Crippen LogP contribution < -0.4 is 0 Å². The molecule has 0 aromatic carbocycles. The number of aliphatic hydroxyl groups excluding tert-OH is 1. The molecule has 1 saturated heterocycles. The second-order valence-corrected chi connectivity index (χ2v) is 9.61. The molecule has 2 heteroatoms. The lowest BCUT2D eigenvalue weighted by molar-refractivity contribution is -0.0597. The van der Waals surface area contributed by atoms with Crippen LogP contribution in [0, 0.1) is 22.2 Å². The third-order valence-electron chi connectivity index (χ3n) is 4.07. The fourth-order valence-electron chi connectivity index (χ4n) is 3.33. The van der Waals surface area contributed by atoms with Gasteiger partial charge in [-0.1, -0.05) is 62.3 Å². The van der Waals surface area contributed by atoms with Crippen LogP contribution in [0.25, 0.3) is 0 Å². The van der Waals surface area contributed by atoms with Crippen LogP contribution in [-0.4, -0.2) is 23.4 Å². The van der Waals surface area contributed by atoms with E-state index < -0.39 is 0 Å². The highest BCUT2D eigenvalue weighted by molar-refractivity contribution is 5.00. The van der Waals surface area contributed by atoms with Crippen molar-refractivity contribution in [2.75, 3.05) is 0 Å². The van der Waals surface area contributed by atoms with Crippen LogP contribution in [0.5, 0.6) is 0 Å². The van der Waals surface area contributed by atoms with Gasteiger partial charge in [0.05, 0.1) is 18.3 Å². The number of hydrogen-bond donors (Lipinski definition) is 1. The molecule has 4 atom stereocenters. The highest BCUT2D eigenvalue weighted by atomic mass is 16.5. The molecule has 2 unspecified atom stereocenters. The fourth-order valence-corrected chi connectivity index (χ4v) is 3.33. The van der Waals surface area contributed by atoms with E-state index in [1.54, 1.807) is 0 Å². The Labute approximate surface area is 119 Å². The van der Waals surface area contributed by atoms with Gasteiger partial charge in [-0.05, 0) is 22.7 Å². The first-order chi connectivity index (χ1) is 8.23. The van der Waals surface area contributed by atoms with Gasteiger partial charge in [-0.15, -0.1) is 0 Å². The molecule has 0 amide bonds. The monoisotopic (exact) mass is 270 g/mol. The van der Waals surface area contributed by atoms with Crippen molar-refractivity contribution in [3.63, 3.8) is 0 Å². The molecule has 1 fully saturated rings. The van der Waals surface area contributed by atoms with Crippen LogP contribution in [0.3, 0.4) is 0 Å². The van der Waals surface area contributed by atoms with Crippen LogP contribution in [0.1, 0.15) is 68.7 Å². The van der Waals surface area contributed by atoms with Gasteiger partial charge >= 0.3 is 0 Å². The zero-order valence-electron chi connectivity index (χ0n) is 14.4. The number of rotatable bonds is 1. The molecule has 0 spiro atoms. The predicted octanol–water partition coefficient (Wildman–Crippen LogP) is 4.26. The fraction of sp³-hybridized carbons (Fsp3) is 1.00. The van der Waals surface area contributed by atoms with E-state index in [0.717, 1.165) is 6.42 Å². The molecule has 19 heavy (non-hydrogen) atoms. The Kier molecular flexibility index (Phi) is 4.50. The molecule has 0 saturated carbocycles. The second kappa shape index (κ2) is 5.04. The highest BCUT2D eigenvalue weighted by Crippen LogP contribution is 2.47. The second-order valence-electron chi connectivity index (χ2n) is 9.61. The first kappa shape index (κ1) is 17.0. The SMILES string of the molecule is CC(C)(C)CC1OC(C(C)(C)C)[C@@H](O)[C@H]1C(C)(C)C. The Morgan fingerprint density at radius 2 is 1.32 bits per heavy atom. The molecule has 1 aliphatic rings. The molecule has 2 nitrogen and oxygen atoms in total. The van der Waals surface area contributed by atoms with Gasteiger partial charge in [-0.2, -0.15) is 0 Å². The normalized spacial score (nSPS) is 33.8. The zero-order chi connectivity index (χ0) is 15.2. The average molecular weight is 270 g/mol. The van der Waals surface area contributed by atoms with Crippen molar-refractivity contribution < 1.29 is 9.84 Å². The topological polar surface area (TPSA) is 29.5 Å². The summed E-state index contributed by atoms with van der Waals surface area (Å²) in [6, 6.07) is 0. The molecular formula is C17H34O2. The smallest absolute Gasteiger partial charge is 0.0889 e. The van der Waals surface area contributed by atoms with E-state index in [1.807, 2.05) is 0 Å². The molecule has 0 bridgehead atoms. The maximum atomic E-state index is 10.8. The van der Waals surface area contributed by atoms with E-state index >= 15 is 0 Å². The van der Waals surface area contributed by atoms with Crippen LogP contribution in [0.2, 0.25) is 0 Å². The van der Waals surface area contributed by atoms with E-state index in [-0.39, 0.29) is 40.5 Å². The largest absolute Gasteiger partial charge is 0.390 e. The Morgan fingerprint density at radius 3 is 1.63 bits per heavy atom. The summed E-state index contributed by atoms with van der Waals surface area (Å²) in [6.07, 6.45) is 0.717. The average Bonchev–Trinajstić information content (AvgIpc) is 2.36. The minimum Gasteiger partial charge on any atom is -0.390 e. The maximum absolute atomic E-state index is 10.8. The van der Waals surface area contributed by atoms with Gasteiger partial charge in [0.15, 0.2) is 0 Å². The first-order valence-electron chi connectivity index (χ1n) is 7.57. The van der Waals surface area contributed by atoms with Gasteiger partial charge in [0.2, 0.25) is 0 Å². The van der Waals surface area contributed by atoms with Crippen LogP contribution in [0.4, 0.5) is 0 Å². The summed E-state index contributed by atoms with van der Waals surface area (Å²) >= 11 is 0. The van der Waals surface area contributed by atoms with E-state index in [1.165, 1.54) is 0 Å². The Hall–Kier alpha value is -0.0800. The summed E-state index contributed by atoms with van der Waals surface area (Å²) in [4.78, 5) is 0. The van der Waals surface area contributed by atoms with Gasteiger partial charge in [0.1, 0.15) is 0 Å². The molecule has 1 heterocycles. The number of ether oxygens (including phenoxy) is 1. The van der Waals surface area contributed by atoms with Crippen LogP contribution in [-0.2, 0) is 4.74 Å². The summed E-state index contributed by atoms with van der Waals surface area (Å²) in [5, 5.41) is 10.8. The standard InChI is InChI=1S/C17H34O2/c1-15(2,3)10-11-12(16(4,5)6)13(18)14(19-11)17(7,8)9/h11-14,18H,10H2,1-9H3/t11?,12-,13-,14?/m0/s1. The third-order valence-corrected chi connectivity index (χ3v) is 4.07. The van der Waals surface area contributed by atoms with Crippen molar-refractivity contribution in [2.45, 2.75) is 87.0 Å². The predicted molar refractivity (Wildman–Crippen MR) is 81.1 cm³/mol. The summed E-state index contributed by atoms with van der Waals surface area (Å²) in [5.74, 6) is 0.205. The molecule has 114 valence electrons. The van der Waals surface area contributed by atoms with E-state index in [2.05, 4.69) is 62.3 Å². The Bertz CT molecular complexity index is 301. The summed E-state index contributed by atoms with van der Waals surface area (Å²) in [7, 11) is 0. The van der Waals surface area contributed by atoms with Crippen molar-refractivity contribution in [1.82, 2.24) is 0 Å². The molecule has 1 aliphatic heterocycles. The lowest BCUT2D eigenvalue weighted by Crippen LogP contribution is -2.41. The van der Waals surface area contributed by atoms with E-state index in [4.69, 9.17) is 4.74 Å². The Balaban J connectivity index is 3.02. The minimum absolute atomic E-state index is 0.0183. The van der Waals surface area contributed by atoms with Gasteiger partial charge in [-0.25, -0.2) is 0 Å². The molecule has 1 rings (SSSR count). The third kappa shape index (κ3) is 4.19. The Morgan fingerprint density at radius 1 is 0.842 bits per heavy atom. The van der Waals surface area contributed by atoms with Crippen molar-refractivity contribution in [3.05, 3.63) is 0 Å². The maximum Gasteiger partial charge on any atom is 0.0889 e. The van der Waals surface area contributed by atoms with Crippen molar-refractivity contribution in [3.8, 4) is 0 Å². The number of hydrogen-bond acceptors (Lipinski definition) is 2. The van der Waals surface area contributed by atoms with E-state index in [9.17, 15) is 5.11 Å². The quantitative estimate of drug-likeness (QED) is 0.771. The van der Waals surface area contributed by atoms with Crippen molar-refractivity contribution in [2.24, 2.45) is 22.2 Å². The summed E-state index contributed by atoms with van der Waals surface area (Å²) in [5.41, 5.74) is 0.269. The van der Waals surface area contributed by atoms with Gasteiger partial charge in [0, 0.05) is 5.92 Å². The van der Waals surface area contributed by atoms with Crippen molar-refractivity contribution >= 4 is 0 Å². The molecule has 0 aromatic heterocycles. The lowest BCUT2D eigenvalue weighted by atomic mass is 9.69. The van der Waals surface area contributed by atoms with Crippen LogP contribution in [0.15, 0.2) is 0 Å². The first-order valence-corrected chi connectivity index (χ1v) is 7.57. The summed E-state index contributed by atoms with van der Waals surface area (Å²) < 4.78 is 6.30. The zero-order valence-corrected chi connectivity index (χ0v) is 14.4. The highest BCUT2D eigenvalue weighted by Gasteiger charge is 2.52. The van der Waals surface area contributed by atoms with Crippen molar-refractivity contribution in [1.29, 1.82) is 0 Å². The number of aliphatic hydroxyl groups is 1. The van der Waals surface area contributed by atoms with Gasteiger partial charge in [-0.3, -0.25) is 0 Å². The van der Waals surface area contributed by atoms with E-state index in [0.29, 0.717) is 0 Å². The molecule has 0 aromatic rings.